The van der Waals surface area contributed by atoms with E-state index >= 15 is 0 Å². The summed E-state index contributed by atoms with van der Waals surface area (Å²) in [5.74, 6) is -0.291. The van der Waals surface area contributed by atoms with Crippen LogP contribution < -0.4 is 5.32 Å². The highest BCUT2D eigenvalue weighted by molar-refractivity contribution is 6.10. The number of nitro groups is 1. The van der Waals surface area contributed by atoms with E-state index in [-0.39, 0.29) is 11.6 Å². The lowest BCUT2D eigenvalue weighted by molar-refractivity contribution is -0.384. The summed E-state index contributed by atoms with van der Waals surface area (Å²) in [6, 6.07) is 18.6. The number of hydrogen-bond donors (Lipinski definition) is 1. The van der Waals surface area contributed by atoms with Crippen LogP contribution in [0.3, 0.4) is 0 Å². The van der Waals surface area contributed by atoms with Gasteiger partial charge in [-0.2, -0.15) is 0 Å². The number of carbonyl (C=O) groups excluding carboxylic acids is 1. The summed E-state index contributed by atoms with van der Waals surface area (Å²) < 4.78 is 5.75. The molecular weight excluding hydrogens is 320 g/mol. The first kappa shape index (κ1) is 14.9. The Kier molecular flexibility index (Phi) is 3.43. The largest absolute Gasteiger partial charge is 0.456 e. The average Bonchev–Trinajstić information content (AvgIpc) is 3.00. The van der Waals surface area contributed by atoms with Crippen molar-refractivity contribution in [3.8, 4) is 0 Å². The molecule has 1 amide bonds. The highest BCUT2D eigenvalue weighted by Crippen LogP contribution is 2.29. The van der Waals surface area contributed by atoms with Crippen molar-refractivity contribution >= 4 is 39.2 Å². The van der Waals surface area contributed by atoms with Gasteiger partial charge in [-0.3, -0.25) is 14.9 Å². The van der Waals surface area contributed by atoms with E-state index in [2.05, 4.69) is 5.32 Å². The lowest BCUT2D eigenvalue weighted by Gasteiger charge is -2.05. The number of para-hydroxylation sites is 1. The first-order valence-corrected chi connectivity index (χ1v) is 7.59. The monoisotopic (exact) mass is 332 g/mol. The van der Waals surface area contributed by atoms with E-state index in [1.54, 1.807) is 18.2 Å². The van der Waals surface area contributed by atoms with E-state index in [1.165, 1.54) is 24.3 Å². The molecule has 0 saturated carbocycles. The molecule has 6 heteroatoms. The summed E-state index contributed by atoms with van der Waals surface area (Å²) in [4.78, 5) is 22.6. The van der Waals surface area contributed by atoms with Crippen LogP contribution in [-0.4, -0.2) is 10.8 Å². The number of nitrogens with one attached hydrogen (secondary N) is 1. The number of nitrogens with zero attached hydrogens (tertiary/aromatic N) is 1. The van der Waals surface area contributed by atoms with E-state index in [0.29, 0.717) is 16.8 Å². The van der Waals surface area contributed by atoms with Gasteiger partial charge >= 0.3 is 0 Å². The number of anilines is 1. The van der Waals surface area contributed by atoms with Gasteiger partial charge in [0.05, 0.1) is 4.92 Å². The summed E-state index contributed by atoms with van der Waals surface area (Å²) in [5, 5.41) is 15.2. The van der Waals surface area contributed by atoms with Crippen molar-refractivity contribution in [2.45, 2.75) is 0 Å². The Labute approximate surface area is 141 Å². The average molecular weight is 332 g/mol. The highest BCUT2D eigenvalue weighted by Gasteiger charge is 2.12. The fraction of sp³-hybridized carbons (Fsp3) is 0. The number of rotatable bonds is 3. The Morgan fingerprint density at radius 2 is 1.64 bits per heavy atom. The summed E-state index contributed by atoms with van der Waals surface area (Å²) >= 11 is 0. The van der Waals surface area contributed by atoms with Crippen molar-refractivity contribution in [2.24, 2.45) is 0 Å². The van der Waals surface area contributed by atoms with Crippen molar-refractivity contribution in [1.29, 1.82) is 0 Å². The van der Waals surface area contributed by atoms with Crippen molar-refractivity contribution in [3.63, 3.8) is 0 Å². The number of hydrogen-bond acceptors (Lipinski definition) is 4. The molecule has 1 heterocycles. The van der Waals surface area contributed by atoms with Crippen molar-refractivity contribution in [2.75, 3.05) is 5.32 Å². The zero-order chi connectivity index (χ0) is 17.4. The molecule has 0 atom stereocenters. The summed E-state index contributed by atoms with van der Waals surface area (Å²) in [5.41, 5.74) is 2.44. The van der Waals surface area contributed by atoms with E-state index < -0.39 is 4.92 Å². The van der Waals surface area contributed by atoms with Crippen LogP contribution in [0, 0.1) is 10.1 Å². The number of nitro benzene ring substituents is 1. The molecule has 0 bridgehead atoms. The number of fused-ring (bicyclic) bond motifs is 3. The number of furan rings is 1. The predicted molar refractivity (Wildman–Crippen MR) is 94.8 cm³/mol. The molecule has 0 aliphatic heterocycles. The molecule has 0 spiro atoms. The quantitative estimate of drug-likeness (QED) is 0.433. The van der Waals surface area contributed by atoms with Crippen LogP contribution in [0.4, 0.5) is 11.4 Å². The topological polar surface area (TPSA) is 85.4 Å². The third kappa shape index (κ3) is 2.70. The highest BCUT2D eigenvalue weighted by atomic mass is 16.6. The minimum Gasteiger partial charge on any atom is -0.456 e. The van der Waals surface area contributed by atoms with Gasteiger partial charge in [0.2, 0.25) is 0 Å². The molecular formula is C19H12N2O4. The Morgan fingerprint density at radius 1 is 0.920 bits per heavy atom. The van der Waals surface area contributed by atoms with Gasteiger partial charge in [0, 0.05) is 34.2 Å². The van der Waals surface area contributed by atoms with Crippen LogP contribution in [0.25, 0.3) is 21.9 Å². The van der Waals surface area contributed by atoms with Gasteiger partial charge in [-0.1, -0.05) is 18.2 Å². The Bertz CT molecular complexity index is 1110. The van der Waals surface area contributed by atoms with Crippen LogP contribution in [0.1, 0.15) is 10.4 Å². The second-order valence-corrected chi connectivity index (χ2v) is 5.57. The minimum absolute atomic E-state index is 0.0238. The second kappa shape index (κ2) is 5.76. The standard InChI is InChI=1S/C19H12N2O4/c22-19(20-13-6-8-14(9-7-13)21(23)24)12-5-10-18-16(11-12)15-3-1-2-4-17(15)25-18/h1-11H,(H,20,22). The van der Waals surface area contributed by atoms with E-state index in [0.717, 1.165) is 16.4 Å². The maximum atomic E-state index is 12.5. The Morgan fingerprint density at radius 3 is 2.40 bits per heavy atom. The summed E-state index contributed by atoms with van der Waals surface area (Å²) in [7, 11) is 0. The molecule has 0 saturated heterocycles. The van der Waals surface area contributed by atoms with Gasteiger partial charge in [-0.15, -0.1) is 0 Å². The molecule has 0 aliphatic carbocycles. The third-order valence-electron chi connectivity index (χ3n) is 3.97. The maximum Gasteiger partial charge on any atom is 0.269 e. The second-order valence-electron chi connectivity index (χ2n) is 5.57. The van der Waals surface area contributed by atoms with Gasteiger partial charge in [0.1, 0.15) is 11.2 Å². The number of carbonyl (C=O) groups is 1. The molecule has 1 N–H and O–H groups in total. The molecule has 3 aromatic carbocycles. The summed E-state index contributed by atoms with van der Waals surface area (Å²) in [6.45, 7) is 0. The zero-order valence-electron chi connectivity index (χ0n) is 12.9. The van der Waals surface area contributed by atoms with Crippen LogP contribution in [-0.2, 0) is 0 Å². The molecule has 1 aromatic heterocycles. The molecule has 122 valence electrons. The van der Waals surface area contributed by atoms with E-state index in [9.17, 15) is 14.9 Å². The molecule has 0 radical (unpaired) electrons. The SMILES string of the molecule is O=C(Nc1ccc([N+](=O)[O-])cc1)c1ccc2oc3ccccc3c2c1. The van der Waals surface area contributed by atoms with Crippen molar-refractivity contribution < 1.29 is 14.1 Å². The van der Waals surface area contributed by atoms with Crippen molar-refractivity contribution in [3.05, 3.63) is 82.4 Å². The number of benzene rings is 3. The first-order chi connectivity index (χ1) is 12.1. The van der Waals surface area contributed by atoms with E-state index in [4.69, 9.17) is 4.42 Å². The molecule has 6 nitrogen and oxygen atoms in total. The zero-order valence-corrected chi connectivity index (χ0v) is 12.9. The van der Waals surface area contributed by atoms with Crippen LogP contribution in [0.15, 0.2) is 71.1 Å². The van der Waals surface area contributed by atoms with Crippen LogP contribution >= 0.6 is 0 Å². The van der Waals surface area contributed by atoms with Crippen LogP contribution in [0.5, 0.6) is 0 Å². The number of amides is 1. The van der Waals surface area contributed by atoms with Gasteiger partial charge in [0.15, 0.2) is 0 Å². The number of non-ortho nitro benzene ring substituents is 1. The Balaban J connectivity index is 1.65. The minimum atomic E-state index is -0.483. The lowest BCUT2D eigenvalue weighted by Crippen LogP contribution is -2.11. The molecule has 25 heavy (non-hydrogen) atoms. The lowest BCUT2D eigenvalue weighted by atomic mass is 10.1. The van der Waals surface area contributed by atoms with E-state index in [1.807, 2.05) is 24.3 Å². The third-order valence-corrected chi connectivity index (χ3v) is 3.97. The van der Waals surface area contributed by atoms with Gasteiger partial charge in [0.25, 0.3) is 11.6 Å². The fourth-order valence-electron chi connectivity index (χ4n) is 2.74. The van der Waals surface area contributed by atoms with Gasteiger partial charge in [-0.25, -0.2) is 0 Å². The van der Waals surface area contributed by atoms with Crippen LogP contribution in [0.2, 0.25) is 0 Å². The molecule has 4 rings (SSSR count). The molecule has 0 unspecified atom stereocenters. The smallest absolute Gasteiger partial charge is 0.269 e. The molecule has 0 aliphatic rings. The first-order valence-electron chi connectivity index (χ1n) is 7.59. The van der Waals surface area contributed by atoms with Gasteiger partial charge in [-0.05, 0) is 36.4 Å². The fourth-order valence-corrected chi connectivity index (χ4v) is 2.74. The normalized spacial score (nSPS) is 10.9. The summed E-state index contributed by atoms with van der Waals surface area (Å²) in [6.07, 6.45) is 0. The Hall–Kier alpha value is -3.67. The molecule has 0 fully saturated rings. The predicted octanol–water partition coefficient (Wildman–Crippen LogP) is 4.75. The maximum absolute atomic E-state index is 12.5. The van der Waals surface area contributed by atoms with Crippen molar-refractivity contribution in [1.82, 2.24) is 0 Å². The molecule has 4 aromatic rings. The van der Waals surface area contributed by atoms with Gasteiger partial charge < -0.3 is 9.73 Å².